The molecule has 0 fully saturated rings. The van der Waals surface area contributed by atoms with E-state index in [1.165, 1.54) is 6.92 Å². The number of nitrogens with one attached hydrogen (secondary N) is 3. The Bertz CT molecular complexity index is 1290. The van der Waals surface area contributed by atoms with Crippen molar-refractivity contribution in [2.24, 2.45) is 0 Å². The third kappa shape index (κ3) is 6.72. The third-order valence-electron chi connectivity index (χ3n) is 5.61. The predicted molar refractivity (Wildman–Crippen MR) is 134 cm³/mol. The Hall–Kier alpha value is -4.60. The van der Waals surface area contributed by atoms with Crippen LogP contribution in [0.25, 0.3) is 10.8 Å². The van der Waals surface area contributed by atoms with E-state index in [0.29, 0.717) is 16.8 Å². The summed E-state index contributed by atoms with van der Waals surface area (Å²) in [6.07, 6.45) is -2.74. The number of carbonyl (C=O) groups is 4. The van der Waals surface area contributed by atoms with Gasteiger partial charge in [-0.1, -0.05) is 48.5 Å². The Morgan fingerprint density at radius 3 is 2.44 bits per heavy atom. The summed E-state index contributed by atoms with van der Waals surface area (Å²) in [5, 5.41) is 13.7. The number of nitrogen functional groups attached to an aromatic ring is 1. The first-order valence-electron chi connectivity index (χ1n) is 11.3. The van der Waals surface area contributed by atoms with E-state index >= 15 is 0 Å². The highest BCUT2D eigenvalue weighted by Crippen LogP contribution is 2.25. The second kappa shape index (κ2) is 11.7. The van der Waals surface area contributed by atoms with Gasteiger partial charge < -0.3 is 20.9 Å². The molecule has 3 aromatic rings. The number of hydrogen-bond acceptors (Lipinski definition) is 6. The van der Waals surface area contributed by atoms with E-state index in [1.54, 1.807) is 18.2 Å². The summed E-state index contributed by atoms with van der Waals surface area (Å²) in [4.78, 5) is 47.6. The second-order valence-corrected chi connectivity index (χ2v) is 8.24. The Balaban J connectivity index is 1.64. The number of anilines is 1. The van der Waals surface area contributed by atoms with Crippen LogP contribution in [0.3, 0.4) is 0 Å². The van der Waals surface area contributed by atoms with Gasteiger partial charge in [0.1, 0.15) is 0 Å². The van der Waals surface area contributed by atoms with Crippen molar-refractivity contribution in [2.45, 2.75) is 38.8 Å². The molecular formula is C26H28N4O6. The van der Waals surface area contributed by atoms with E-state index in [0.717, 1.165) is 16.3 Å². The maximum absolute atomic E-state index is 13.2. The number of benzene rings is 3. The number of ether oxygens (including phenoxy) is 1. The molecule has 0 aromatic heterocycles. The summed E-state index contributed by atoms with van der Waals surface area (Å²) in [5.74, 6) is -1.68. The normalized spacial score (nSPS) is 12.3. The minimum absolute atomic E-state index is 0.0441. The van der Waals surface area contributed by atoms with E-state index < -0.39 is 24.1 Å². The van der Waals surface area contributed by atoms with Crippen LogP contribution in [0.5, 0.6) is 0 Å². The van der Waals surface area contributed by atoms with Crippen LogP contribution in [0, 0.1) is 0 Å². The van der Waals surface area contributed by atoms with Crippen molar-refractivity contribution in [3.8, 4) is 0 Å². The lowest BCUT2D eigenvalue weighted by atomic mass is 9.98. The number of fused-ring (bicyclic) bond motifs is 1. The van der Waals surface area contributed by atoms with Gasteiger partial charge in [-0.2, -0.15) is 0 Å². The zero-order valence-corrected chi connectivity index (χ0v) is 19.9. The molecule has 188 valence electrons. The Morgan fingerprint density at radius 1 is 0.972 bits per heavy atom. The number of amides is 3. The molecule has 3 rings (SSSR count). The minimum atomic E-state index is -1.60. The van der Waals surface area contributed by atoms with Gasteiger partial charge in [-0.25, -0.2) is 4.79 Å². The molecule has 10 nitrogen and oxygen atoms in total. The van der Waals surface area contributed by atoms with Gasteiger partial charge in [0, 0.05) is 17.7 Å². The Morgan fingerprint density at radius 2 is 1.69 bits per heavy atom. The lowest BCUT2D eigenvalue weighted by Gasteiger charge is -2.18. The van der Waals surface area contributed by atoms with Gasteiger partial charge in [-0.15, -0.1) is 0 Å². The van der Waals surface area contributed by atoms with Crippen molar-refractivity contribution in [3.63, 3.8) is 0 Å². The molecule has 10 heteroatoms. The van der Waals surface area contributed by atoms with Crippen molar-refractivity contribution in [1.82, 2.24) is 16.2 Å². The molecule has 0 radical (unpaired) electrons. The summed E-state index contributed by atoms with van der Waals surface area (Å²) in [5.41, 5.74) is 12.6. The molecule has 0 heterocycles. The van der Waals surface area contributed by atoms with Crippen LogP contribution in [0.15, 0.2) is 60.7 Å². The molecule has 36 heavy (non-hydrogen) atoms. The van der Waals surface area contributed by atoms with Crippen LogP contribution in [0.1, 0.15) is 47.8 Å². The van der Waals surface area contributed by atoms with Gasteiger partial charge >= 0.3 is 6.16 Å². The molecule has 0 spiro atoms. The number of aryl methyl sites for hydroxylation is 1. The van der Waals surface area contributed by atoms with Crippen molar-refractivity contribution in [3.05, 3.63) is 77.4 Å². The quantitative estimate of drug-likeness (QED) is 0.183. The zero-order valence-electron chi connectivity index (χ0n) is 19.9. The number of hydrogen-bond donors (Lipinski definition) is 5. The van der Waals surface area contributed by atoms with Gasteiger partial charge in [-0.05, 0) is 54.3 Å². The number of hydrazine groups is 1. The molecule has 0 aliphatic rings. The Labute approximate surface area is 207 Å². The first kappa shape index (κ1) is 26.0. The molecular weight excluding hydrogens is 464 g/mol. The molecule has 2 unspecified atom stereocenters. The topological polar surface area (TPSA) is 160 Å². The number of carbonyl (C=O) groups excluding carboxylic acids is 3. The van der Waals surface area contributed by atoms with Gasteiger partial charge in [0.25, 0.3) is 11.8 Å². The van der Waals surface area contributed by atoms with Crippen LogP contribution in [-0.4, -0.2) is 35.1 Å². The highest BCUT2D eigenvalue weighted by Gasteiger charge is 2.19. The molecule has 0 bridgehead atoms. The maximum atomic E-state index is 13.2. The fourth-order valence-electron chi connectivity index (χ4n) is 3.75. The summed E-state index contributed by atoms with van der Waals surface area (Å²) in [7, 11) is 0. The summed E-state index contributed by atoms with van der Waals surface area (Å²) < 4.78 is 4.31. The fourth-order valence-corrected chi connectivity index (χ4v) is 3.75. The molecule has 3 aromatic carbocycles. The standard InChI is InChI=1S/C26H28N4O6/c1-15(20-9-5-7-17-6-3-4-8-21(17)20)28-25(33)22-14-19(27)12-10-18(22)11-13-23(31)29-30-24(32)16(2)36-26(34)35/h3-10,12,14-16H,11,13,27H2,1-2H3,(H,28,33)(H,29,31)(H,30,32)(H,34,35). The van der Waals surface area contributed by atoms with Gasteiger partial charge in [0.15, 0.2) is 6.10 Å². The largest absolute Gasteiger partial charge is 0.506 e. The monoisotopic (exact) mass is 492 g/mol. The van der Waals surface area contributed by atoms with E-state index in [4.69, 9.17) is 10.8 Å². The highest BCUT2D eigenvalue weighted by atomic mass is 16.7. The van der Waals surface area contributed by atoms with Gasteiger partial charge in [-0.3, -0.25) is 25.2 Å². The summed E-state index contributed by atoms with van der Waals surface area (Å²) >= 11 is 0. The van der Waals surface area contributed by atoms with Crippen LogP contribution in [-0.2, 0) is 20.7 Å². The highest BCUT2D eigenvalue weighted by molar-refractivity contribution is 5.97. The molecule has 0 aliphatic heterocycles. The smallest absolute Gasteiger partial charge is 0.450 e. The summed E-state index contributed by atoms with van der Waals surface area (Å²) in [6, 6.07) is 18.4. The first-order chi connectivity index (χ1) is 17.2. The molecule has 3 amide bonds. The maximum Gasteiger partial charge on any atom is 0.506 e. The number of nitrogens with two attached hydrogens (primary N) is 1. The predicted octanol–water partition coefficient (Wildman–Crippen LogP) is 3.08. The molecule has 6 N–H and O–H groups in total. The SMILES string of the molecule is CC(OC(=O)O)C(=O)NNC(=O)CCc1ccc(N)cc1C(=O)NC(C)c1cccc2ccccc12. The Kier molecular flexibility index (Phi) is 8.45. The van der Waals surface area contributed by atoms with Crippen LogP contribution >= 0.6 is 0 Å². The lowest BCUT2D eigenvalue weighted by molar-refractivity contribution is -0.134. The van der Waals surface area contributed by atoms with Crippen LogP contribution < -0.4 is 21.9 Å². The van der Waals surface area contributed by atoms with Crippen molar-refractivity contribution < 1.29 is 29.0 Å². The van der Waals surface area contributed by atoms with E-state index in [2.05, 4.69) is 20.9 Å². The van der Waals surface area contributed by atoms with Crippen LogP contribution in [0.4, 0.5) is 10.5 Å². The van der Waals surface area contributed by atoms with Crippen molar-refractivity contribution in [1.29, 1.82) is 0 Å². The average Bonchev–Trinajstić information content (AvgIpc) is 2.85. The number of rotatable bonds is 8. The van der Waals surface area contributed by atoms with E-state index in [1.807, 2.05) is 49.4 Å². The third-order valence-corrected chi connectivity index (χ3v) is 5.61. The van der Waals surface area contributed by atoms with E-state index in [9.17, 15) is 19.2 Å². The molecule has 0 aliphatic carbocycles. The van der Waals surface area contributed by atoms with Crippen LogP contribution in [0.2, 0.25) is 0 Å². The minimum Gasteiger partial charge on any atom is -0.450 e. The fraction of sp³-hybridized carbons (Fsp3) is 0.231. The zero-order chi connectivity index (χ0) is 26.2. The molecule has 2 atom stereocenters. The molecule has 0 saturated carbocycles. The molecule has 0 saturated heterocycles. The van der Waals surface area contributed by atoms with Gasteiger partial charge in [0.2, 0.25) is 5.91 Å². The van der Waals surface area contributed by atoms with Gasteiger partial charge in [0.05, 0.1) is 6.04 Å². The lowest BCUT2D eigenvalue weighted by Crippen LogP contribution is -2.46. The second-order valence-electron chi connectivity index (χ2n) is 8.24. The van der Waals surface area contributed by atoms with E-state index in [-0.39, 0.29) is 24.8 Å². The van der Waals surface area contributed by atoms with Crippen molar-refractivity contribution >= 4 is 40.3 Å². The van der Waals surface area contributed by atoms with Crippen molar-refractivity contribution in [2.75, 3.05) is 5.73 Å². The first-order valence-corrected chi connectivity index (χ1v) is 11.3. The summed E-state index contributed by atoms with van der Waals surface area (Å²) in [6.45, 7) is 3.13. The average molecular weight is 493 g/mol. The number of carboxylic acid groups (broad SMARTS) is 1.